The Morgan fingerprint density at radius 2 is 1.90 bits per heavy atom. The fourth-order valence-electron chi connectivity index (χ4n) is 3.00. The predicted octanol–water partition coefficient (Wildman–Crippen LogP) is 1.54. The first-order valence-corrected chi connectivity index (χ1v) is 7.24. The van der Waals surface area contributed by atoms with Gasteiger partial charge in [-0.2, -0.15) is 0 Å². The van der Waals surface area contributed by atoms with E-state index in [1.165, 1.54) is 0 Å². The van der Waals surface area contributed by atoms with Crippen LogP contribution in [0, 0.1) is 0 Å². The highest BCUT2D eigenvalue weighted by Crippen LogP contribution is 2.26. The first-order chi connectivity index (χ1) is 9.28. The Labute approximate surface area is 119 Å². The van der Waals surface area contributed by atoms with Crippen molar-refractivity contribution >= 4 is 12.1 Å². The van der Waals surface area contributed by atoms with Gasteiger partial charge in [-0.1, -0.05) is 0 Å². The second kappa shape index (κ2) is 5.60. The second-order valence-electron chi connectivity index (χ2n) is 6.60. The van der Waals surface area contributed by atoms with Crippen LogP contribution in [0.1, 0.15) is 40.0 Å². The summed E-state index contributed by atoms with van der Waals surface area (Å²) >= 11 is 0. The van der Waals surface area contributed by atoms with Gasteiger partial charge in [0.05, 0.1) is 0 Å². The fraction of sp³-hybridized carbons (Fsp3) is 0.857. The first-order valence-electron chi connectivity index (χ1n) is 7.24. The monoisotopic (exact) mass is 284 g/mol. The van der Waals surface area contributed by atoms with E-state index < -0.39 is 17.6 Å². The van der Waals surface area contributed by atoms with Crippen LogP contribution in [0.5, 0.6) is 0 Å². The van der Waals surface area contributed by atoms with E-state index in [-0.39, 0.29) is 12.1 Å². The number of hydrogen-bond acceptors (Lipinski definition) is 4. The summed E-state index contributed by atoms with van der Waals surface area (Å²) in [6.45, 7) is 7.56. The van der Waals surface area contributed by atoms with Crippen LogP contribution in [-0.2, 0) is 9.53 Å². The quantitative estimate of drug-likeness (QED) is 0.833. The number of amides is 1. The smallest absolute Gasteiger partial charge is 0.410 e. The molecular weight excluding hydrogens is 260 g/mol. The highest BCUT2D eigenvalue weighted by molar-refractivity contribution is 5.74. The summed E-state index contributed by atoms with van der Waals surface area (Å²) in [4.78, 5) is 27.0. The Morgan fingerprint density at radius 3 is 2.50 bits per heavy atom. The summed E-state index contributed by atoms with van der Waals surface area (Å²) in [5.41, 5.74) is -0.494. The first kappa shape index (κ1) is 15.1. The maximum atomic E-state index is 12.0. The van der Waals surface area contributed by atoms with Crippen molar-refractivity contribution in [3.05, 3.63) is 0 Å². The lowest BCUT2D eigenvalue weighted by Gasteiger charge is -2.28. The van der Waals surface area contributed by atoms with Crippen molar-refractivity contribution in [2.24, 2.45) is 0 Å². The number of carbonyl (C=O) groups excluding carboxylic acids is 1. The summed E-state index contributed by atoms with van der Waals surface area (Å²) in [5, 5.41) is 9.23. The molecule has 6 nitrogen and oxygen atoms in total. The molecule has 0 aromatic heterocycles. The number of ether oxygens (including phenoxy) is 1. The van der Waals surface area contributed by atoms with Crippen LogP contribution in [0.15, 0.2) is 0 Å². The third kappa shape index (κ3) is 3.42. The van der Waals surface area contributed by atoms with Gasteiger partial charge in [-0.05, 0) is 46.6 Å². The summed E-state index contributed by atoms with van der Waals surface area (Å²) < 4.78 is 5.36. The average Bonchev–Trinajstić information content (AvgIpc) is 2.95. The number of aliphatic carboxylic acids is 1. The van der Waals surface area contributed by atoms with Gasteiger partial charge in [0.1, 0.15) is 11.6 Å². The molecule has 0 saturated carbocycles. The van der Waals surface area contributed by atoms with Gasteiger partial charge in [0.25, 0.3) is 0 Å². The molecule has 2 fully saturated rings. The van der Waals surface area contributed by atoms with Gasteiger partial charge in [0.15, 0.2) is 0 Å². The predicted molar refractivity (Wildman–Crippen MR) is 73.6 cm³/mol. The van der Waals surface area contributed by atoms with E-state index in [4.69, 9.17) is 4.74 Å². The molecule has 1 unspecified atom stereocenters. The number of likely N-dealkylation sites (tertiary alicyclic amines) is 2. The summed E-state index contributed by atoms with van der Waals surface area (Å²) in [6.07, 6.45) is 2.15. The zero-order valence-electron chi connectivity index (χ0n) is 12.5. The molecule has 1 amide bonds. The summed E-state index contributed by atoms with van der Waals surface area (Å²) in [6, 6.07) is -0.246. The fourth-order valence-corrected chi connectivity index (χ4v) is 3.00. The van der Waals surface area contributed by atoms with E-state index in [1.54, 1.807) is 4.90 Å². The molecule has 2 atom stereocenters. The number of carbonyl (C=O) groups is 2. The number of hydrogen-bond donors (Lipinski definition) is 1. The van der Waals surface area contributed by atoms with Gasteiger partial charge in [0.2, 0.25) is 0 Å². The normalized spacial score (nSPS) is 27.9. The van der Waals surface area contributed by atoms with Crippen molar-refractivity contribution in [3.63, 3.8) is 0 Å². The summed E-state index contributed by atoms with van der Waals surface area (Å²) in [5.74, 6) is -0.752. The van der Waals surface area contributed by atoms with Gasteiger partial charge in [0, 0.05) is 19.1 Å². The van der Waals surface area contributed by atoms with Crippen LogP contribution in [0.2, 0.25) is 0 Å². The number of carboxylic acids is 1. The Kier molecular flexibility index (Phi) is 4.22. The lowest BCUT2D eigenvalue weighted by atomic mass is 10.1. The molecule has 0 aromatic rings. The van der Waals surface area contributed by atoms with Gasteiger partial charge in [-0.3, -0.25) is 9.69 Å². The van der Waals surface area contributed by atoms with Crippen molar-refractivity contribution in [2.75, 3.05) is 19.6 Å². The van der Waals surface area contributed by atoms with Crippen LogP contribution in [0.4, 0.5) is 4.79 Å². The van der Waals surface area contributed by atoms with Crippen molar-refractivity contribution in [1.82, 2.24) is 9.80 Å². The molecule has 2 rings (SSSR count). The number of rotatable bonds is 2. The van der Waals surface area contributed by atoms with Crippen molar-refractivity contribution in [3.8, 4) is 0 Å². The molecule has 2 aliphatic heterocycles. The molecule has 2 aliphatic rings. The van der Waals surface area contributed by atoms with Crippen LogP contribution >= 0.6 is 0 Å². The Bertz CT molecular complexity index is 391. The molecule has 2 heterocycles. The van der Waals surface area contributed by atoms with E-state index in [9.17, 15) is 14.7 Å². The minimum Gasteiger partial charge on any atom is -0.480 e. The molecule has 0 aromatic carbocycles. The lowest BCUT2D eigenvalue weighted by molar-refractivity contribution is -0.142. The number of nitrogens with zero attached hydrogens (tertiary/aromatic N) is 2. The topological polar surface area (TPSA) is 70.1 Å². The molecule has 2 saturated heterocycles. The molecule has 6 heteroatoms. The van der Waals surface area contributed by atoms with Gasteiger partial charge in [-0.25, -0.2) is 4.79 Å². The lowest BCUT2D eigenvalue weighted by Crippen LogP contribution is -2.45. The third-order valence-electron chi connectivity index (χ3n) is 3.86. The highest BCUT2D eigenvalue weighted by atomic mass is 16.6. The molecule has 114 valence electrons. The molecule has 1 N–H and O–H groups in total. The third-order valence-corrected chi connectivity index (χ3v) is 3.86. The minimum absolute atomic E-state index is 0.145. The zero-order valence-corrected chi connectivity index (χ0v) is 12.5. The minimum atomic E-state index is -0.752. The molecule has 0 aliphatic carbocycles. The van der Waals surface area contributed by atoms with Crippen LogP contribution < -0.4 is 0 Å². The average molecular weight is 284 g/mol. The number of carboxylic acid groups (broad SMARTS) is 1. The molecular formula is C14H24N2O4. The maximum absolute atomic E-state index is 12.0. The van der Waals surface area contributed by atoms with Crippen LogP contribution in [-0.4, -0.2) is 64.3 Å². The summed E-state index contributed by atoms with van der Waals surface area (Å²) in [7, 11) is 0. The van der Waals surface area contributed by atoms with E-state index >= 15 is 0 Å². The van der Waals surface area contributed by atoms with Crippen LogP contribution in [0.25, 0.3) is 0 Å². The molecule has 0 radical (unpaired) electrons. The van der Waals surface area contributed by atoms with Crippen molar-refractivity contribution in [1.29, 1.82) is 0 Å². The molecule has 0 spiro atoms. The largest absolute Gasteiger partial charge is 0.480 e. The van der Waals surface area contributed by atoms with E-state index in [0.29, 0.717) is 19.5 Å². The van der Waals surface area contributed by atoms with Crippen LogP contribution in [0.3, 0.4) is 0 Å². The standard InChI is InChI=1S/C14H24N2O4/c1-14(2,3)20-13(19)15-8-6-10(9-15)16-7-4-5-11(16)12(17)18/h10-11H,4-9H2,1-3H3,(H,17,18)/t10?,11-/m1/s1. The second-order valence-corrected chi connectivity index (χ2v) is 6.60. The molecule has 0 bridgehead atoms. The van der Waals surface area contributed by atoms with Gasteiger partial charge in [-0.15, -0.1) is 0 Å². The van der Waals surface area contributed by atoms with Gasteiger partial charge >= 0.3 is 12.1 Å². The Morgan fingerprint density at radius 1 is 1.20 bits per heavy atom. The maximum Gasteiger partial charge on any atom is 0.410 e. The Balaban J connectivity index is 1.92. The SMILES string of the molecule is CC(C)(C)OC(=O)N1CCC(N2CCC[C@@H]2C(=O)O)C1. The Hall–Kier alpha value is -1.30. The van der Waals surface area contributed by atoms with Crippen molar-refractivity contribution < 1.29 is 19.4 Å². The zero-order chi connectivity index (χ0) is 14.9. The van der Waals surface area contributed by atoms with E-state index in [0.717, 1.165) is 19.4 Å². The molecule has 20 heavy (non-hydrogen) atoms. The highest BCUT2D eigenvalue weighted by Gasteiger charge is 2.40. The van der Waals surface area contributed by atoms with E-state index in [1.807, 2.05) is 25.7 Å². The van der Waals surface area contributed by atoms with Gasteiger partial charge < -0.3 is 14.7 Å². The van der Waals surface area contributed by atoms with Crippen molar-refractivity contribution in [2.45, 2.75) is 57.7 Å². The van der Waals surface area contributed by atoms with E-state index in [2.05, 4.69) is 0 Å².